The van der Waals surface area contributed by atoms with Crippen LogP contribution in [0.2, 0.25) is 0 Å². The number of carbonyl (C=O) groups excluding carboxylic acids is 2. The highest BCUT2D eigenvalue weighted by atomic mass is 16.2. The number of piperidine rings is 2. The quantitative estimate of drug-likeness (QED) is 0.810. The molecule has 0 aliphatic carbocycles. The first kappa shape index (κ1) is 18.9. The summed E-state index contributed by atoms with van der Waals surface area (Å²) >= 11 is 0. The average Bonchev–Trinajstić information content (AvgIpc) is 2.69. The summed E-state index contributed by atoms with van der Waals surface area (Å²) in [7, 11) is 0. The van der Waals surface area contributed by atoms with Crippen LogP contribution in [0.5, 0.6) is 0 Å². The highest BCUT2D eigenvalue weighted by Crippen LogP contribution is 2.26. The van der Waals surface area contributed by atoms with Gasteiger partial charge < -0.3 is 9.80 Å². The van der Waals surface area contributed by atoms with Crippen molar-refractivity contribution in [2.75, 3.05) is 26.2 Å². The summed E-state index contributed by atoms with van der Waals surface area (Å²) in [5, 5.41) is 0. The van der Waals surface area contributed by atoms with Crippen molar-refractivity contribution in [2.45, 2.75) is 51.9 Å². The number of hydrogen-bond acceptors (Lipinski definition) is 2. The van der Waals surface area contributed by atoms with Crippen LogP contribution < -0.4 is 0 Å². The Balaban J connectivity index is 1.42. The lowest BCUT2D eigenvalue weighted by Gasteiger charge is -2.37. The van der Waals surface area contributed by atoms with E-state index < -0.39 is 0 Å². The molecule has 26 heavy (non-hydrogen) atoms. The largest absolute Gasteiger partial charge is 0.343 e. The topological polar surface area (TPSA) is 40.6 Å². The van der Waals surface area contributed by atoms with Crippen molar-refractivity contribution >= 4 is 11.8 Å². The van der Waals surface area contributed by atoms with Crippen molar-refractivity contribution < 1.29 is 9.59 Å². The van der Waals surface area contributed by atoms with Gasteiger partial charge in [0.25, 0.3) is 0 Å². The molecule has 0 unspecified atom stereocenters. The summed E-state index contributed by atoms with van der Waals surface area (Å²) in [6.07, 6.45) is 6.53. The summed E-state index contributed by atoms with van der Waals surface area (Å²) in [5.74, 6) is 1.38. The smallest absolute Gasteiger partial charge is 0.225 e. The SMILES string of the molecule is CCCC(=O)N1CCC(C(=O)N2CCC(Cc3ccccc3)CC2)CC1. The first-order chi connectivity index (χ1) is 12.7. The van der Waals surface area contributed by atoms with Crippen LogP contribution in [0, 0.1) is 11.8 Å². The van der Waals surface area contributed by atoms with Gasteiger partial charge in [0, 0.05) is 38.5 Å². The fraction of sp³-hybridized carbons (Fsp3) is 0.636. The van der Waals surface area contributed by atoms with E-state index >= 15 is 0 Å². The maximum Gasteiger partial charge on any atom is 0.225 e. The van der Waals surface area contributed by atoms with Crippen LogP contribution in [0.3, 0.4) is 0 Å². The van der Waals surface area contributed by atoms with Crippen molar-refractivity contribution in [1.29, 1.82) is 0 Å². The van der Waals surface area contributed by atoms with Gasteiger partial charge in [-0.1, -0.05) is 37.3 Å². The molecule has 4 nitrogen and oxygen atoms in total. The summed E-state index contributed by atoms with van der Waals surface area (Å²) in [6, 6.07) is 10.7. The molecule has 0 saturated carbocycles. The Morgan fingerprint density at radius 3 is 2.15 bits per heavy atom. The Labute approximate surface area is 157 Å². The third-order valence-corrected chi connectivity index (χ3v) is 5.95. The fourth-order valence-electron chi connectivity index (χ4n) is 4.31. The molecule has 0 spiro atoms. The van der Waals surface area contributed by atoms with Gasteiger partial charge in [0.15, 0.2) is 0 Å². The maximum atomic E-state index is 12.8. The van der Waals surface area contributed by atoms with Crippen molar-refractivity contribution in [3.63, 3.8) is 0 Å². The second kappa shape index (κ2) is 9.20. The number of amides is 2. The van der Waals surface area contributed by atoms with Crippen LogP contribution in [0.1, 0.15) is 51.0 Å². The molecular weight excluding hydrogens is 324 g/mol. The molecule has 2 amide bonds. The Kier molecular flexibility index (Phi) is 6.70. The van der Waals surface area contributed by atoms with Crippen LogP contribution >= 0.6 is 0 Å². The number of nitrogens with zero attached hydrogens (tertiary/aromatic N) is 2. The number of rotatable bonds is 5. The van der Waals surface area contributed by atoms with Crippen molar-refractivity contribution in [3.8, 4) is 0 Å². The molecule has 0 radical (unpaired) electrons. The second-order valence-corrected chi connectivity index (χ2v) is 7.86. The molecule has 0 bridgehead atoms. The van der Waals surface area contributed by atoms with Crippen LogP contribution in [0.15, 0.2) is 30.3 Å². The van der Waals surface area contributed by atoms with Gasteiger partial charge in [-0.25, -0.2) is 0 Å². The molecular formula is C22H32N2O2. The molecule has 0 N–H and O–H groups in total. The van der Waals surface area contributed by atoms with E-state index in [4.69, 9.17) is 0 Å². The van der Waals surface area contributed by atoms with Gasteiger partial charge >= 0.3 is 0 Å². The van der Waals surface area contributed by atoms with Gasteiger partial charge in [-0.2, -0.15) is 0 Å². The zero-order chi connectivity index (χ0) is 18.4. The summed E-state index contributed by atoms with van der Waals surface area (Å²) < 4.78 is 0. The predicted molar refractivity (Wildman–Crippen MR) is 104 cm³/mol. The molecule has 2 aliphatic rings. The van der Waals surface area contributed by atoms with Crippen LogP contribution in [-0.2, 0) is 16.0 Å². The monoisotopic (exact) mass is 356 g/mol. The molecule has 2 saturated heterocycles. The van der Waals surface area contributed by atoms with Crippen molar-refractivity contribution in [1.82, 2.24) is 9.80 Å². The van der Waals surface area contributed by atoms with Crippen LogP contribution in [0.25, 0.3) is 0 Å². The Morgan fingerprint density at radius 1 is 0.923 bits per heavy atom. The second-order valence-electron chi connectivity index (χ2n) is 7.86. The van der Waals surface area contributed by atoms with Crippen molar-refractivity contribution in [3.05, 3.63) is 35.9 Å². The van der Waals surface area contributed by atoms with E-state index in [2.05, 4.69) is 35.2 Å². The first-order valence-electron chi connectivity index (χ1n) is 10.3. The summed E-state index contributed by atoms with van der Waals surface area (Å²) in [5.41, 5.74) is 1.40. The highest BCUT2D eigenvalue weighted by molar-refractivity contribution is 5.80. The van der Waals surface area contributed by atoms with Gasteiger partial charge in [-0.15, -0.1) is 0 Å². The molecule has 2 fully saturated rings. The van der Waals surface area contributed by atoms with E-state index in [1.807, 2.05) is 11.8 Å². The minimum absolute atomic E-state index is 0.117. The van der Waals surface area contributed by atoms with Crippen molar-refractivity contribution in [2.24, 2.45) is 11.8 Å². The zero-order valence-electron chi connectivity index (χ0n) is 16.0. The summed E-state index contributed by atoms with van der Waals surface area (Å²) in [6.45, 7) is 5.33. The highest BCUT2D eigenvalue weighted by Gasteiger charge is 2.31. The van der Waals surface area contributed by atoms with Gasteiger partial charge in [0.1, 0.15) is 0 Å². The maximum absolute atomic E-state index is 12.8. The third kappa shape index (κ3) is 4.87. The van der Waals surface area contributed by atoms with E-state index in [-0.39, 0.29) is 11.8 Å². The number of benzene rings is 1. The normalized spacial score (nSPS) is 19.6. The lowest BCUT2D eigenvalue weighted by atomic mass is 9.88. The Bertz CT molecular complexity index is 585. The summed E-state index contributed by atoms with van der Waals surface area (Å²) in [4.78, 5) is 28.9. The number of carbonyl (C=O) groups is 2. The molecule has 1 aromatic carbocycles. The lowest BCUT2D eigenvalue weighted by Crippen LogP contribution is -2.46. The molecule has 0 aromatic heterocycles. The van der Waals surface area contributed by atoms with E-state index in [0.29, 0.717) is 18.2 Å². The molecule has 0 atom stereocenters. The molecule has 4 heteroatoms. The van der Waals surface area contributed by atoms with Crippen LogP contribution in [-0.4, -0.2) is 47.8 Å². The Hall–Kier alpha value is -1.84. The van der Waals surface area contributed by atoms with Gasteiger partial charge in [0.05, 0.1) is 0 Å². The zero-order valence-corrected chi connectivity index (χ0v) is 16.0. The van der Waals surface area contributed by atoms with Gasteiger partial charge in [0.2, 0.25) is 11.8 Å². The van der Waals surface area contributed by atoms with E-state index in [1.165, 1.54) is 5.56 Å². The molecule has 1 aromatic rings. The van der Waals surface area contributed by atoms with Crippen LogP contribution in [0.4, 0.5) is 0 Å². The number of likely N-dealkylation sites (tertiary alicyclic amines) is 2. The molecule has 142 valence electrons. The molecule has 2 heterocycles. The molecule has 2 aliphatic heterocycles. The fourth-order valence-corrected chi connectivity index (χ4v) is 4.31. The predicted octanol–water partition coefficient (Wildman–Crippen LogP) is 3.51. The first-order valence-corrected chi connectivity index (χ1v) is 10.3. The molecule has 3 rings (SSSR count). The van der Waals surface area contributed by atoms with Gasteiger partial charge in [-0.05, 0) is 50.0 Å². The Morgan fingerprint density at radius 2 is 1.54 bits per heavy atom. The lowest BCUT2D eigenvalue weighted by molar-refractivity contribution is -0.141. The average molecular weight is 357 g/mol. The number of hydrogen-bond donors (Lipinski definition) is 0. The standard InChI is InChI=1S/C22H32N2O2/c1-2-6-21(25)23-15-11-20(12-16-23)22(26)24-13-9-19(10-14-24)17-18-7-4-3-5-8-18/h3-5,7-8,19-20H,2,6,9-17H2,1H3. The van der Waals surface area contributed by atoms with E-state index in [9.17, 15) is 9.59 Å². The minimum atomic E-state index is 0.117. The van der Waals surface area contributed by atoms with E-state index in [0.717, 1.165) is 64.7 Å². The van der Waals surface area contributed by atoms with Gasteiger partial charge in [-0.3, -0.25) is 9.59 Å². The minimum Gasteiger partial charge on any atom is -0.343 e. The third-order valence-electron chi connectivity index (χ3n) is 5.95. The van der Waals surface area contributed by atoms with E-state index in [1.54, 1.807) is 0 Å².